The summed E-state index contributed by atoms with van der Waals surface area (Å²) in [7, 11) is 0. The molecule has 0 aromatic heterocycles. The van der Waals surface area contributed by atoms with Gasteiger partial charge in [-0.25, -0.2) is 4.39 Å². The van der Waals surface area contributed by atoms with Gasteiger partial charge < -0.3 is 15.2 Å². The lowest BCUT2D eigenvalue weighted by atomic mass is 10.1. The van der Waals surface area contributed by atoms with Gasteiger partial charge >= 0.3 is 0 Å². The second-order valence-electron chi connectivity index (χ2n) is 6.22. The maximum atomic E-state index is 13.0. The molecule has 0 bridgehead atoms. The van der Waals surface area contributed by atoms with Crippen LogP contribution in [0.2, 0.25) is 0 Å². The van der Waals surface area contributed by atoms with Crippen molar-refractivity contribution in [2.45, 2.75) is 19.1 Å². The Morgan fingerprint density at radius 1 is 0.929 bits per heavy atom. The third kappa shape index (κ3) is 5.90. The topological polar surface area (TPSA) is 61.6 Å². The predicted octanol–water partition coefficient (Wildman–Crippen LogP) is 5.51. The van der Waals surface area contributed by atoms with Crippen LogP contribution in [0.4, 0.5) is 4.39 Å². The zero-order valence-corrected chi connectivity index (χ0v) is 16.6. The Morgan fingerprint density at radius 3 is 2.07 bits per heavy atom. The molecule has 1 atom stereocenters. The van der Waals surface area contributed by atoms with E-state index in [1.807, 2.05) is 48.5 Å². The number of primary amides is 1. The molecule has 144 valence electrons. The van der Waals surface area contributed by atoms with E-state index >= 15 is 0 Å². The number of halogens is 2. The van der Waals surface area contributed by atoms with Crippen LogP contribution < -0.4 is 10.5 Å². The predicted molar refractivity (Wildman–Crippen MR) is 108 cm³/mol. The molecule has 0 saturated heterocycles. The Balaban J connectivity index is 1.68. The summed E-state index contributed by atoms with van der Waals surface area (Å²) < 4.78 is 25.7. The summed E-state index contributed by atoms with van der Waals surface area (Å²) in [5, 5.41) is 0. The molecule has 0 aliphatic heterocycles. The second kappa shape index (κ2) is 9.48. The smallest absolute Gasteiger partial charge is 0.220 e. The highest BCUT2D eigenvalue weighted by Gasteiger charge is 2.16. The van der Waals surface area contributed by atoms with E-state index in [4.69, 9.17) is 15.2 Å². The third-order valence-electron chi connectivity index (χ3n) is 4.05. The summed E-state index contributed by atoms with van der Waals surface area (Å²) in [5.41, 5.74) is 6.99. The Morgan fingerprint density at radius 2 is 1.50 bits per heavy atom. The van der Waals surface area contributed by atoms with E-state index in [0.717, 1.165) is 21.3 Å². The Labute approximate surface area is 171 Å². The van der Waals surface area contributed by atoms with Crippen LogP contribution >= 0.6 is 15.9 Å². The van der Waals surface area contributed by atoms with Crippen molar-refractivity contribution in [1.82, 2.24) is 0 Å². The number of hydrogen-bond donors (Lipinski definition) is 1. The van der Waals surface area contributed by atoms with Gasteiger partial charge in [-0.1, -0.05) is 40.2 Å². The van der Waals surface area contributed by atoms with E-state index in [1.165, 1.54) is 12.1 Å². The van der Waals surface area contributed by atoms with Crippen LogP contribution in [0, 0.1) is 5.82 Å². The van der Waals surface area contributed by atoms with Crippen LogP contribution in [0.3, 0.4) is 0 Å². The van der Waals surface area contributed by atoms with Gasteiger partial charge in [-0.15, -0.1) is 0 Å². The first kappa shape index (κ1) is 20.0. The molecule has 0 spiro atoms. The molecule has 0 heterocycles. The van der Waals surface area contributed by atoms with Gasteiger partial charge in [0, 0.05) is 4.47 Å². The fraction of sp³-hybridized carbons (Fsp3) is 0.136. The Hall–Kier alpha value is -2.70. The molecule has 0 saturated carbocycles. The van der Waals surface area contributed by atoms with Crippen molar-refractivity contribution in [2.75, 3.05) is 0 Å². The lowest BCUT2D eigenvalue weighted by Gasteiger charge is -2.18. The first-order valence-corrected chi connectivity index (χ1v) is 9.46. The molecule has 2 N–H and O–H groups in total. The molecular formula is C22H19BrFNO3. The van der Waals surface area contributed by atoms with Gasteiger partial charge in [0.25, 0.3) is 0 Å². The highest BCUT2D eigenvalue weighted by Crippen LogP contribution is 2.28. The van der Waals surface area contributed by atoms with Gasteiger partial charge in [0.15, 0.2) is 0 Å². The lowest BCUT2D eigenvalue weighted by Crippen LogP contribution is -2.17. The average molecular weight is 444 g/mol. The van der Waals surface area contributed by atoms with E-state index in [9.17, 15) is 9.18 Å². The van der Waals surface area contributed by atoms with Crippen LogP contribution in [0.1, 0.15) is 23.7 Å². The fourth-order valence-electron chi connectivity index (χ4n) is 2.62. The van der Waals surface area contributed by atoms with E-state index in [-0.39, 0.29) is 18.8 Å². The molecule has 3 rings (SSSR count). The van der Waals surface area contributed by atoms with Crippen molar-refractivity contribution in [2.24, 2.45) is 5.73 Å². The molecule has 6 heteroatoms. The summed E-state index contributed by atoms with van der Waals surface area (Å²) in [4.78, 5) is 11.4. The highest BCUT2D eigenvalue weighted by atomic mass is 79.9. The van der Waals surface area contributed by atoms with Gasteiger partial charge in [-0.2, -0.15) is 0 Å². The highest BCUT2D eigenvalue weighted by molar-refractivity contribution is 9.10. The molecule has 4 nitrogen and oxygen atoms in total. The zero-order chi connectivity index (χ0) is 19.9. The first-order chi connectivity index (χ1) is 13.5. The molecular weight excluding hydrogens is 425 g/mol. The number of nitrogens with two attached hydrogens (primary N) is 1. The number of rotatable bonds is 8. The van der Waals surface area contributed by atoms with E-state index < -0.39 is 12.0 Å². The number of benzene rings is 3. The molecule has 0 aliphatic rings. The summed E-state index contributed by atoms with van der Waals surface area (Å²) >= 11 is 3.39. The van der Waals surface area contributed by atoms with Crippen molar-refractivity contribution in [3.63, 3.8) is 0 Å². The van der Waals surface area contributed by atoms with Gasteiger partial charge in [-0.3, -0.25) is 4.79 Å². The monoisotopic (exact) mass is 443 g/mol. The Kier molecular flexibility index (Phi) is 6.79. The molecule has 3 aromatic rings. The summed E-state index contributed by atoms with van der Waals surface area (Å²) in [5.74, 6) is 0.623. The van der Waals surface area contributed by atoms with Gasteiger partial charge in [0.2, 0.25) is 5.91 Å². The zero-order valence-electron chi connectivity index (χ0n) is 15.0. The summed E-state index contributed by atoms with van der Waals surface area (Å²) in [6.07, 6.45) is -0.446. The van der Waals surface area contributed by atoms with E-state index in [0.29, 0.717) is 5.75 Å². The van der Waals surface area contributed by atoms with Gasteiger partial charge in [-0.05, 0) is 59.7 Å². The van der Waals surface area contributed by atoms with Gasteiger partial charge in [0.1, 0.15) is 17.3 Å². The molecule has 1 unspecified atom stereocenters. The molecule has 3 aromatic carbocycles. The maximum Gasteiger partial charge on any atom is 0.220 e. The molecule has 0 fully saturated rings. The Bertz CT molecular complexity index is 912. The SMILES string of the molecule is NC(=O)CC(OCc1ccc(F)cc1)c1ccc(Oc2ccc(Br)cc2)cc1. The largest absolute Gasteiger partial charge is 0.457 e. The molecule has 28 heavy (non-hydrogen) atoms. The average Bonchev–Trinajstić information content (AvgIpc) is 2.68. The van der Waals surface area contributed by atoms with Crippen molar-refractivity contribution in [1.29, 1.82) is 0 Å². The van der Waals surface area contributed by atoms with Crippen molar-refractivity contribution < 1.29 is 18.7 Å². The maximum absolute atomic E-state index is 13.0. The number of carbonyl (C=O) groups excluding carboxylic acids is 1. The quantitative estimate of drug-likeness (QED) is 0.498. The standard InChI is InChI=1S/C22H19BrFNO3/c23-17-5-11-20(12-6-17)28-19-9-3-16(4-10-19)21(13-22(25)26)27-14-15-1-7-18(24)8-2-15/h1-12,21H,13-14H2,(H2,25,26). The lowest BCUT2D eigenvalue weighted by molar-refractivity contribution is -0.121. The number of ether oxygens (including phenoxy) is 2. The minimum atomic E-state index is -0.496. The van der Waals surface area contributed by atoms with Crippen LogP contribution in [-0.2, 0) is 16.1 Å². The second-order valence-corrected chi connectivity index (χ2v) is 7.14. The number of hydrogen-bond acceptors (Lipinski definition) is 3. The molecule has 0 aliphatic carbocycles. The van der Waals surface area contributed by atoms with Crippen molar-refractivity contribution in [3.8, 4) is 11.5 Å². The molecule has 1 amide bonds. The summed E-state index contributed by atoms with van der Waals surface area (Å²) in [6, 6.07) is 20.9. The minimum absolute atomic E-state index is 0.0497. The minimum Gasteiger partial charge on any atom is -0.457 e. The van der Waals surface area contributed by atoms with E-state index in [2.05, 4.69) is 15.9 Å². The normalized spacial score (nSPS) is 11.8. The van der Waals surface area contributed by atoms with Crippen LogP contribution in [0.15, 0.2) is 77.3 Å². The fourth-order valence-corrected chi connectivity index (χ4v) is 2.89. The first-order valence-electron chi connectivity index (χ1n) is 8.67. The van der Waals surface area contributed by atoms with Gasteiger partial charge in [0.05, 0.1) is 19.1 Å². The van der Waals surface area contributed by atoms with Crippen molar-refractivity contribution in [3.05, 3.63) is 94.2 Å². The number of carbonyl (C=O) groups is 1. The van der Waals surface area contributed by atoms with Crippen molar-refractivity contribution >= 4 is 21.8 Å². The van der Waals surface area contributed by atoms with Crippen LogP contribution in [-0.4, -0.2) is 5.91 Å². The van der Waals surface area contributed by atoms with E-state index in [1.54, 1.807) is 12.1 Å². The molecule has 0 radical (unpaired) electrons. The summed E-state index contributed by atoms with van der Waals surface area (Å²) in [6.45, 7) is 0.245. The number of amides is 1. The van der Waals surface area contributed by atoms with Crippen LogP contribution in [0.25, 0.3) is 0 Å². The third-order valence-corrected chi connectivity index (χ3v) is 4.58. The van der Waals surface area contributed by atoms with Crippen LogP contribution in [0.5, 0.6) is 11.5 Å².